The summed E-state index contributed by atoms with van der Waals surface area (Å²) in [5, 5.41) is 0. The lowest BCUT2D eigenvalue weighted by molar-refractivity contribution is 0.307. The fourth-order valence-electron chi connectivity index (χ4n) is 3.02. The number of nitrogens with zero attached hydrogens (tertiary/aromatic N) is 2. The van der Waals surface area contributed by atoms with E-state index in [1.807, 2.05) is 72.4 Å². The first-order valence-corrected chi connectivity index (χ1v) is 8.03. The van der Waals surface area contributed by atoms with E-state index in [0.29, 0.717) is 17.6 Å². The van der Waals surface area contributed by atoms with E-state index in [1.54, 1.807) is 0 Å². The zero-order chi connectivity index (χ0) is 17.2. The van der Waals surface area contributed by atoms with E-state index in [4.69, 9.17) is 4.74 Å². The summed E-state index contributed by atoms with van der Waals surface area (Å²) < 4.78 is 7.71. The summed E-state index contributed by atoms with van der Waals surface area (Å²) >= 11 is 0. The van der Waals surface area contributed by atoms with Gasteiger partial charge in [0.2, 0.25) is 0 Å². The van der Waals surface area contributed by atoms with Crippen LogP contribution >= 0.6 is 0 Å². The third kappa shape index (κ3) is 2.80. The van der Waals surface area contributed by atoms with Crippen molar-refractivity contribution in [3.63, 3.8) is 0 Å². The van der Waals surface area contributed by atoms with Gasteiger partial charge in [0.05, 0.1) is 6.33 Å². The monoisotopic (exact) mass is 331 g/mol. The number of aromatic nitrogens is 3. The smallest absolute Gasteiger partial charge is 0.275 e. The van der Waals surface area contributed by atoms with E-state index in [0.717, 1.165) is 22.4 Å². The quantitative estimate of drug-likeness (QED) is 0.622. The van der Waals surface area contributed by atoms with Gasteiger partial charge in [0.15, 0.2) is 0 Å². The van der Waals surface area contributed by atoms with Crippen molar-refractivity contribution < 1.29 is 4.74 Å². The van der Waals surface area contributed by atoms with E-state index in [-0.39, 0.29) is 5.56 Å². The molecule has 0 unspecified atom stereocenters. The van der Waals surface area contributed by atoms with E-state index >= 15 is 0 Å². The predicted molar refractivity (Wildman–Crippen MR) is 97.5 cm³/mol. The van der Waals surface area contributed by atoms with E-state index < -0.39 is 0 Å². The molecule has 0 aliphatic heterocycles. The van der Waals surface area contributed by atoms with Gasteiger partial charge in [-0.2, -0.15) is 0 Å². The van der Waals surface area contributed by atoms with Crippen molar-refractivity contribution in [2.24, 2.45) is 7.05 Å². The normalized spacial score (nSPS) is 10.9. The summed E-state index contributed by atoms with van der Waals surface area (Å²) in [4.78, 5) is 19.1. The summed E-state index contributed by atoms with van der Waals surface area (Å²) in [6.45, 7) is 0.444. The van der Waals surface area contributed by atoms with Crippen LogP contribution in [0.2, 0.25) is 0 Å². The molecule has 0 aliphatic rings. The van der Waals surface area contributed by atoms with Gasteiger partial charge in [-0.3, -0.25) is 4.79 Å². The average Bonchev–Trinajstić information content (AvgIpc) is 2.99. The molecule has 0 fully saturated rings. The summed E-state index contributed by atoms with van der Waals surface area (Å²) in [7, 11) is 1.85. The van der Waals surface area contributed by atoms with Gasteiger partial charge in [0.25, 0.3) is 5.56 Å². The summed E-state index contributed by atoms with van der Waals surface area (Å²) in [5.74, 6) is 0.824. The van der Waals surface area contributed by atoms with Crippen LogP contribution in [0.5, 0.6) is 5.75 Å². The molecule has 4 aromatic rings. The second-order valence-corrected chi connectivity index (χ2v) is 5.84. The third-order valence-corrected chi connectivity index (χ3v) is 4.20. The Hall–Kier alpha value is -3.34. The molecule has 2 aromatic heterocycles. The van der Waals surface area contributed by atoms with Crippen molar-refractivity contribution in [2.45, 2.75) is 6.61 Å². The van der Waals surface area contributed by atoms with Gasteiger partial charge in [-0.1, -0.05) is 42.5 Å². The molecule has 0 bridgehead atoms. The number of para-hydroxylation sites is 1. The Morgan fingerprint density at radius 3 is 2.64 bits per heavy atom. The van der Waals surface area contributed by atoms with Gasteiger partial charge in [-0.05, 0) is 23.3 Å². The van der Waals surface area contributed by atoms with Crippen molar-refractivity contribution in [3.05, 3.63) is 83.0 Å². The molecule has 0 saturated carbocycles. The topological polar surface area (TPSA) is 59.9 Å². The molecule has 5 nitrogen and oxygen atoms in total. The molecule has 0 aliphatic carbocycles. The number of ether oxygens (including phenoxy) is 1. The van der Waals surface area contributed by atoms with Crippen molar-refractivity contribution in [1.29, 1.82) is 0 Å². The second-order valence-electron chi connectivity index (χ2n) is 5.84. The molecule has 0 saturated heterocycles. The van der Waals surface area contributed by atoms with Crippen molar-refractivity contribution in [1.82, 2.24) is 14.5 Å². The number of nitrogens with one attached hydrogen (secondary N) is 1. The van der Waals surface area contributed by atoms with E-state index in [1.165, 1.54) is 6.33 Å². The minimum Gasteiger partial charge on any atom is -0.489 e. The van der Waals surface area contributed by atoms with Gasteiger partial charge in [-0.25, -0.2) is 4.98 Å². The molecule has 4 rings (SSSR count). The molecule has 0 spiro atoms. The van der Waals surface area contributed by atoms with Crippen LogP contribution in [0.4, 0.5) is 0 Å². The van der Waals surface area contributed by atoms with Gasteiger partial charge in [0, 0.05) is 18.8 Å². The fourth-order valence-corrected chi connectivity index (χ4v) is 3.02. The summed E-state index contributed by atoms with van der Waals surface area (Å²) in [5.41, 5.74) is 4.10. The summed E-state index contributed by atoms with van der Waals surface area (Å²) in [6.07, 6.45) is 3.38. The van der Waals surface area contributed by atoms with Crippen LogP contribution < -0.4 is 10.3 Å². The first-order valence-electron chi connectivity index (χ1n) is 8.03. The standard InChI is InChI=1S/C20H17N3O2/c1-23-11-17(18-19(23)20(24)22-13-21-18)16-10-6-5-7-14(16)12-25-15-8-3-2-4-9-15/h2-11,13H,12H2,1H3,(H,21,22,24). The highest BCUT2D eigenvalue weighted by Crippen LogP contribution is 2.30. The largest absolute Gasteiger partial charge is 0.489 e. The number of benzene rings is 2. The highest BCUT2D eigenvalue weighted by atomic mass is 16.5. The van der Waals surface area contributed by atoms with Crippen LogP contribution in [0.25, 0.3) is 22.2 Å². The maximum atomic E-state index is 12.1. The van der Waals surface area contributed by atoms with Crippen LogP contribution in [0, 0.1) is 0 Å². The summed E-state index contributed by atoms with van der Waals surface area (Å²) in [6, 6.07) is 17.7. The van der Waals surface area contributed by atoms with Crippen LogP contribution in [0.3, 0.4) is 0 Å². The Kier molecular flexibility index (Phi) is 3.82. The molecule has 1 N–H and O–H groups in total. The van der Waals surface area contributed by atoms with Crippen LogP contribution in [-0.4, -0.2) is 14.5 Å². The Balaban J connectivity index is 1.77. The Labute approximate surface area is 144 Å². The Bertz CT molecular complexity index is 1080. The number of hydrogen-bond acceptors (Lipinski definition) is 3. The van der Waals surface area contributed by atoms with Crippen LogP contribution in [0.15, 0.2) is 71.9 Å². The SMILES string of the molecule is Cn1cc(-c2ccccc2COc2ccccc2)c2nc[nH]c(=O)c21. The van der Waals surface area contributed by atoms with Crippen molar-refractivity contribution in [3.8, 4) is 16.9 Å². The highest BCUT2D eigenvalue weighted by molar-refractivity contribution is 5.93. The lowest BCUT2D eigenvalue weighted by atomic mass is 10.0. The molecule has 0 atom stereocenters. The molecule has 5 heteroatoms. The first-order chi connectivity index (χ1) is 12.2. The van der Waals surface area contributed by atoms with Gasteiger partial charge in [0.1, 0.15) is 23.4 Å². The van der Waals surface area contributed by atoms with E-state index in [2.05, 4.69) is 9.97 Å². The zero-order valence-electron chi connectivity index (χ0n) is 13.8. The number of aromatic amines is 1. The molecule has 0 radical (unpaired) electrons. The molecule has 2 aromatic carbocycles. The number of fused-ring (bicyclic) bond motifs is 1. The van der Waals surface area contributed by atoms with Crippen molar-refractivity contribution in [2.75, 3.05) is 0 Å². The average molecular weight is 331 g/mol. The predicted octanol–water partition coefficient (Wildman–Crippen LogP) is 3.51. The molecule has 2 heterocycles. The Morgan fingerprint density at radius 2 is 1.80 bits per heavy atom. The number of H-pyrrole nitrogens is 1. The Morgan fingerprint density at radius 1 is 1.04 bits per heavy atom. The lowest BCUT2D eigenvalue weighted by Gasteiger charge is -2.10. The lowest BCUT2D eigenvalue weighted by Crippen LogP contribution is -2.08. The van der Waals surface area contributed by atoms with Crippen LogP contribution in [0.1, 0.15) is 5.56 Å². The molecule has 25 heavy (non-hydrogen) atoms. The first kappa shape index (κ1) is 15.2. The minimum atomic E-state index is -0.142. The number of rotatable bonds is 4. The third-order valence-electron chi connectivity index (χ3n) is 4.20. The van der Waals surface area contributed by atoms with Gasteiger partial charge in [-0.15, -0.1) is 0 Å². The molecular formula is C20H17N3O2. The minimum absolute atomic E-state index is 0.142. The number of hydrogen-bond donors (Lipinski definition) is 1. The maximum absolute atomic E-state index is 12.1. The molecule has 124 valence electrons. The van der Waals surface area contributed by atoms with Gasteiger partial charge < -0.3 is 14.3 Å². The van der Waals surface area contributed by atoms with Gasteiger partial charge >= 0.3 is 0 Å². The molecule has 0 amide bonds. The number of aryl methyl sites for hydroxylation is 1. The zero-order valence-corrected chi connectivity index (χ0v) is 13.8. The fraction of sp³-hybridized carbons (Fsp3) is 0.100. The van der Waals surface area contributed by atoms with Crippen LogP contribution in [-0.2, 0) is 13.7 Å². The second kappa shape index (κ2) is 6.28. The van der Waals surface area contributed by atoms with E-state index in [9.17, 15) is 4.79 Å². The molecular weight excluding hydrogens is 314 g/mol. The highest BCUT2D eigenvalue weighted by Gasteiger charge is 2.15. The maximum Gasteiger partial charge on any atom is 0.275 e. The van der Waals surface area contributed by atoms with Crippen molar-refractivity contribution >= 4 is 11.0 Å².